The van der Waals surface area contributed by atoms with E-state index < -0.39 is 0 Å². The molecule has 0 bridgehead atoms. The van der Waals surface area contributed by atoms with Crippen LogP contribution in [-0.2, 0) is 0 Å². The molecule has 0 saturated carbocycles. The Morgan fingerprint density at radius 2 is 2.11 bits per heavy atom. The molecule has 2 heterocycles. The summed E-state index contributed by atoms with van der Waals surface area (Å²) in [6.07, 6.45) is 4.86. The van der Waals surface area contributed by atoms with E-state index in [0.29, 0.717) is 0 Å². The molecule has 102 valence electrons. The first-order valence-corrected chi connectivity index (χ1v) is 6.11. The van der Waals surface area contributed by atoms with Crippen LogP contribution >= 0.6 is 12.4 Å². The van der Waals surface area contributed by atoms with E-state index in [0.717, 1.165) is 31.8 Å². The highest BCUT2D eigenvalue weighted by Gasteiger charge is 2.27. The summed E-state index contributed by atoms with van der Waals surface area (Å²) in [7, 11) is 0. The summed E-state index contributed by atoms with van der Waals surface area (Å²) in [6.45, 7) is 7.07. The molecule has 0 radical (unpaired) electrons. The number of likely N-dealkylation sites (tertiary alicyclic amines) is 1. The first-order valence-electron chi connectivity index (χ1n) is 6.11. The summed E-state index contributed by atoms with van der Waals surface area (Å²) >= 11 is 0. The lowest BCUT2D eigenvalue weighted by Gasteiger charge is -2.26. The molecule has 1 saturated heterocycles. The molecule has 2 rings (SSSR count). The Hall–Kier alpha value is -0.840. The Bertz CT molecular complexity index is 353. The fourth-order valence-corrected chi connectivity index (χ4v) is 2.22. The van der Waals surface area contributed by atoms with Gasteiger partial charge < -0.3 is 10.5 Å². The zero-order valence-electron chi connectivity index (χ0n) is 11.0. The SMILES string of the molecule is CC(C)(N)CN1CC[C@@H](Oc2ccncc2)C1.Cl. The van der Waals surface area contributed by atoms with Crippen molar-refractivity contribution in [2.75, 3.05) is 19.6 Å². The summed E-state index contributed by atoms with van der Waals surface area (Å²) in [5.41, 5.74) is 5.89. The molecule has 0 aliphatic carbocycles. The minimum atomic E-state index is -0.133. The molecule has 1 aliphatic heterocycles. The van der Waals surface area contributed by atoms with E-state index >= 15 is 0 Å². The third-order valence-corrected chi connectivity index (χ3v) is 2.81. The van der Waals surface area contributed by atoms with Gasteiger partial charge in [0.1, 0.15) is 11.9 Å². The van der Waals surface area contributed by atoms with Crippen molar-refractivity contribution in [3.05, 3.63) is 24.5 Å². The van der Waals surface area contributed by atoms with Crippen LogP contribution in [0.15, 0.2) is 24.5 Å². The standard InChI is InChI=1S/C13H21N3O.ClH/c1-13(2,14)10-16-8-5-12(9-16)17-11-3-6-15-7-4-11;/h3-4,6-7,12H,5,8-10,14H2,1-2H3;1H/t12-;/m1./s1. The Morgan fingerprint density at radius 1 is 1.44 bits per heavy atom. The van der Waals surface area contributed by atoms with Crippen LogP contribution < -0.4 is 10.5 Å². The van der Waals surface area contributed by atoms with Gasteiger partial charge in [0.15, 0.2) is 0 Å². The lowest BCUT2D eigenvalue weighted by atomic mass is 10.1. The largest absolute Gasteiger partial charge is 0.489 e. The van der Waals surface area contributed by atoms with Gasteiger partial charge >= 0.3 is 0 Å². The molecule has 4 nitrogen and oxygen atoms in total. The van der Waals surface area contributed by atoms with Gasteiger partial charge in [-0.3, -0.25) is 9.88 Å². The number of hydrogen-bond acceptors (Lipinski definition) is 4. The van der Waals surface area contributed by atoms with Gasteiger partial charge in [-0.25, -0.2) is 0 Å². The number of hydrogen-bond donors (Lipinski definition) is 1. The van der Waals surface area contributed by atoms with E-state index in [1.165, 1.54) is 0 Å². The van der Waals surface area contributed by atoms with Gasteiger partial charge in [0.25, 0.3) is 0 Å². The maximum absolute atomic E-state index is 6.02. The van der Waals surface area contributed by atoms with Gasteiger partial charge in [-0.05, 0) is 32.4 Å². The molecular weight excluding hydrogens is 250 g/mol. The molecule has 18 heavy (non-hydrogen) atoms. The maximum Gasteiger partial charge on any atom is 0.122 e. The van der Waals surface area contributed by atoms with E-state index in [9.17, 15) is 0 Å². The Labute approximate surface area is 115 Å². The average Bonchev–Trinajstić information content (AvgIpc) is 2.64. The number of rotatable bonds is 4. The van der Waals surface area contributed by atoms with Crippen molar-refractivity contribution in [3.63, 3.8) is 0 Å². The summed E-state index contributed by atoms with van der Waals surface area (Å²) < 4.78 is 5.90. The minimum absolute atomic E-state index is 0. The molecular formula is C13H22ClN3O. The van der Waals surface area contributed by atoms with E-state index in [-0.39, 0.29) is 24.0 Å². The normalized spacial score (nSPS) is 20.5. The molecule has 1 aliphatic rings. The highest BCUT2D eigenvalue weighted by molar-refractivity contribution is 5.85. The first kappa shape index (κ1) is 15.2. The third kappa shape index (κ3) is 4.80. The molecule has 0 spiro atoms. The van der Waals surface area contributed by atoms with E-state index in [4.69, 9.17) is 10.5 Å². The summed E-state index contributed by atoms with van der Waals surface area (Å²) in [5, 5.41) is 0. The van der Waals surface area contributed by atoms with Crippen LogP contribution in [-0.4, -0.2) is 41.2 Å². The molecule has 0 unspecified atom stereocenters. The van der Waals surface area contributed by atoms with Crippen molar-refractivity contribution in [1.29, 1.82) is 0 Å². The van der Waals surface area contributed by atoms with Gasteiger partial charge in [0.05, 0.1) is 0 Å². The first-order chi connectivity index (χ1) is 8.03. The average molecular weight is 272 g/mol. The summed E-state index contributed by atoms with van der Waals surface area (Å²) in [5.74, 6) is 0.902. The third-order valence-electron chi connectivity index (χ3n) is 2.81. The zero-order valence-corrected chi connectivity index (χ0v) is 11.8. The number of halogens is 1. The zero-order chi connectivity index (χ0) is 12.3. The lowest BCUT2D eigenvalue weighted by Crippen LogP contribution is -2.44. The van der Waals surface area contributed by atoms with Crippen molar-refractivity contribution >= 4 is 12.4 Å². The number of ether oxygens (including phenoxy) is 1. The molecule has 1 fully saturated rings. The second kappa shape index (κ2) is 6.36. The molecule has 1 atom stereocenters. The maximum atomic E-state index is 6.02. The minimum Gasteiger partial charge on any atom is -0.489 e. The van der Waals surface area contributed by atoms with Gasteiger partial charge in [0, 0.05) is 37.6 Å². The summed E-state index contributed by atoms with van der Waals surface area (Å²) in [6, 6.07) is 3.80. The summed E-state index contributed by atoms with van der Waals surface area (Å²) in [4.78, 5) is 6.34. The van der Waals surface area contributed by atoms with Crippen molar-refractivity contribution < 1.29 is 4.74 Å². The smallest absolute Gasteiger partial charge is 0.122 e. The van der Waals surface area contributed by atoms with E-state index in [1.54, 1.807) is 12.4 Å². The van der Waals surface area contributed by atoms with Crippen LogP contribution in [0.2, 0.25) is 0 Å². The Morgan fingerprint density at radius 3 is 2.72 bits per heavy atom. The fraction of sp³-hybridized carbons (Fsp3) is 0.615. The lowest BCUT2D eigenvalue weighted by molar-refractivity contribution is 0.190. The second-order valence-corrected chi connectivity index (χ2v) is 5.44. The van der Waals surface area contributed by atoms with Crippen molar-refractivity contribution in [1.82, 2.24) is 9.88 Å². The highest BCUT2D eigenvalue weighted by Crippen LogP contribution is 2.18. The number of nitrogens with two attached hydrogens (primary N) is 1. The van der Waals surface area contributed by atoms with Crippen LogP contribution in [0.3, 0.4) is 0 Å². The molecule has 0 amide bonds. The fourth-order valence-electron chi connectivity index (χ4n) is 2.22. The van der Waals surface area contributed by atoms with Crippen molar-refractivity contribution in [3.8, 4) is 5.75 Å². The van der Waals surface area contributed by atoms with Crippen molar-refractivity contribution in [2.24, 2.45) is 5.73 Å². The topological polar surface area (TPSA) is 51.4 Å². The molecule has 2 N–H and O–H groups in total. The second-order valence-electron chi connectivity index (χ2n) is 5.44. The molecule has 0 aromatic carbocycles. The predicted molar refractivity (Wildman–Crippen MR) is 75.2 cm³/mol. The number of nitrogens with zero attached hydrogens (tertiary/aromatic N) is 2. The van der Waals surface area contributed by atoms with Gasteiger partial charge in [-0.1, -0.05) is 0 Å². The van der Waals surface area contributed by atoms with E-state index in [2.05, 4.69) is 23.7 Å². The van der Waals surface area contributed by atoms with Crippen LogP contribution in [0.1, 0.15) is 20.3 Å². The van der Waals surface area contributed by atoms with Crippen LogP contribution in [0, 0.1) is 0 Å². The van der Waals surface area contributed by atoms with Crippen LogP contribution in [0.4, 0.5) is 0 Å². The van der Waals surface area contributed by atoms with Gasteiger partial charge in [-0.2, -0.15) is 0 Å². The van der Waals surface area contributed by atoms with E-state index in [1.807, 2.05) is 12.1 Å². The predicted octanol–water partition coefficient (Wildman–Crippen LogP) is 1.69. The highest BCUT2D eigenvalue weighted by atomic mass is 35.5. The van der Waals surface area contributed by atoms with Gasteiger partial charge in [0.2, 0.25) is 0 Å². The molecule has 1 aromatic rings. The number of aromatic nitrogens is 1. The molecule has 5 heteroatoms. The van der Waals surface area contributed by atoms with Gasteiger partial charge in [-0.15, -0.1) is 12.4 Å². The number of pyridine rings is 1. The quantitative estimate of drug-likeness (QED) is 0.906. The Balaban J connectivity index is 0.00000162. The molecule has 1 aromatic heterocycles. The monoisotopic (exact) mass is 271 g/mol. The van der Waals surface area contributed by atoms with Crippen molar-refractivity contribution in [2.45, 2.75) is 31.9 Å². The van der Waals surface area contributed by atoms with Crippen LogP contribution in [0.5, 0.6) is 5.75 Å². The Kier molecular flexibility index (Phi) is 5.38. The van der Waals surface area contributed by atoms with Crippen LogP contribution in [0.25, 0.3) is 0 Å².